The van der Waals surface area contributed by atoms with Crippen molar-refractivity contribution in [3.63, 3.8) is 0 Å². The van der Waals surface area contributed by atoms with Crippen molar-refractivity contribution in [3.05, 3.63) is 11.6 Å². The first-order valence-corrected chi connectivity index (χ1v) is 5.54. The van der Waals surface area contributed by atoms with Crippen LogP contribution < -0.4 is 5.32 Å². The van der Waals surface area contributed by atoms with E-state index < -0.39 is 0 Å². The van der Waals surface area contributed by atoms with Gasteiger partial charge in [-0.25, -0.2) is 0 Å². The lowest BCUT2D eigenvalue weighted by molar-refractivity contribution is -0.116. The minimum absolute atomic E-state index is 0.0190. The highest BCUT2D eigenvalue weighted by molar-refractivity contribution is 5.93. The van der Waals surface area contributed by atoms with Gasteiger partial charge in [0.2, 0.25) is 0 Å². The number of rotatable bonds is 3. The van der Waals surface area contributed by atoms with Crippen LogP contribution in [0.2, 0.25) is 0 Å². The first-order chi connectivity index (χ1) is 7.56. The van der Waals surface area contributed by atoms with Crippen LogP contribution in [0, 0.1) is 17.3 Å². The van der Waals surface area contributed by atoms with Gasteiger partial charge in [0.15, 0.2) is 0 Å². The normalized spacial score (nSPS) is 15.8. The molecule has 1 aliphatic heterocycles. The number of hydrogen-bond donors (Lipinski definition) is 1. The maximum absolute atomic E-state index is 11.2. The molecule has 0 unspecified atom stereocenters. The summed E-state index contributed by atoms with van der Waals surface area (Å²) in [5, 5.41) is 2.83. The fourth-order valence-electron chi connectivity index (χ4n) is 1.71. The third kappa shape index (κ3) is 3.71. The Bertz CT molecular complexity index is 345. The molecule has 0 fully saturated rings. The molecule has 3 heteroatoms. The number of carbonyl (C=O) groups excluding carboxylic acids is 1. The van der Waals surface area contributed by atoms with Gasteiger partial charge in [-0.2, -0.15) is 0 Å². The van der Waals surface area contributed by atoms with Crippen molar-refractivity contribution < 1.29 is 9.53 Å². The molecule has 0 spiro atoms. The molecule has 88 valence electrons. The van der Waals surface area contributed by atoms with Crippen molar-refractivity contribution in [1.82, 2.24) is 5.32 Å². The van der Waals surface area contributed by atoms with Gasteiger partial charge < -0.3 is 10.1 Å². The zero-order chi connectivity index (χ0) is 12.0. The van der Waals surface area contributed by atoms with E-state index in [9.17, 15) is 4.79 Å². The van der Waals surface area contributed by atoms with E-state index in [-0.39, 0.29) is 11.3 Å². The van der Waals surface area contributed by atoms with E-state index in [2.05, 4.69) is 37.1 Å². The molecule has 3 nitrogen and oxygen atoms in total. The number of hydrogen-bond acceptors (Lipinski definition) is 2. The van der Waals surface area contributed by atoms with Crippen molar-refractivity contribution in [1.29, 1.82) is 0 Å². The molecular weight excluding hydrogens is 202 g/mol. The Kier molecular flexibility index (Phi) is 4.57. The standard InChI is InChI=1S/C13H19NO2/c1-4-5-12(15)14-10-13(2,3)11-6-8-16-9-7-11/h6H,7-10H2,1-3H3,(H,14,15). The molecule has 0 bridgehead atoms. The van der Waals surface area contributed by atoms with Crippen LogP contribution in [0.3, 0.4) is 0 Å². The molecule has 1 amide bonds. The Morgan fingerprint density at radius 2 is 2.38 bits per heavy atom. The Labute approximate surface area is 97.2 Å². The SMILES string of the molecule is CC#CC(=O)NCC(C)(C)C1=CCOCC1. The third-order valence-electron chi connectivity index (χ3n) is 2.76. The number of ether oxygens (including phenoxy) is 1. The van der Waals surface area contributed by atoms with Gasteiger partial charge in [0, 0.05) is 12.0 Å². The van der Waals surface area contributed by atoms with E-state index in [4.69, 9.17) is 4.74 Å². The first kappa shape index (κ1) is 12.8. The molecule has 1 N–H and O–H groups in total. The van der Waals surface area contributed by atoms with Crippen molar-refractivity contribution in [2.75, 3.05) is 19.8 Å². The van der Waals surface area contributed by atoms with Gasteiger partial charge in [-0.15, -0.1) is 0 Å². The van der Waals surface area contributed by atoms with Crippen LogP contribution in [0.25, 0.3) is 0 Å². The fraction of sp³-hybridized carbons (Fsp3) is 0.615. The molecule has 0 atom stereocenters. The summed E-state index contributed by atoms with van der Waals surface area (Å²) in [5.74, 6) is 4.86. The quantitative estimate of drug-likeness (QED) is 0.579. The first-order valence-electron chi connectivity index (χ1n) is 5.54. The predicted molar refractivity (Wildman–Crippen MR) is 63.8 cm³/mol. The van der Waals surface area contributed by atoms with Crippen LogP contribution in [0.5, 0.6) is 0 Å². The average Bonchev–Trinajstić information content (AvgIpc) is 2.28. The topological polar surface area (TPSA) is 38.3 Å². The van der Waals surface area contributed by atoms with E-state index in [0.717, 1.165) is 13.0 Å². The van der Waals surface area contributed by atoms with Crippen molar-refractivity contribution in [2.24, 2.45) is 5.41 Å². The second kappa shape index (κ2) is 5.72. The molecule has 0 aliphatic carbocycles. The molecule has 16 heavy (non-hydrogen) atoms. The Morgan fingerprint density at radius 3 is 2.94 bits per heavy atom. The molecule has 0 saturated heterocycles. The monoisotopic (exact) mass is 221 g/mol. The van der Waals surface area contributed by atoms with Crippen molar-refractivity contribution >= 4 is 5.91 Å². The largest absolute Gasteiger partial charge is 0.377 e. The van der Waals surface area contributed by atoms with Crippen LogP contribution >= 0.6 is 0 Å². The number of amides is 1. The van der Waals surface area contributed by atoms with Crippen molar-refractivity contribution in [2.45, 2.75) is 27.2 Å². The second-order valence-electron chi connectivity index (χ2n) is 4.50. The molecule has 0 aromatic heterocycles. The smallest absolute Gasteiger partial charge is 0.295 e. The molecule has 0 saturated carbocycles. The lowest BCUT2D eigenvalue weighted by atomic mass is 9.81. The van der Waals surface area contributed by atoms with Crippen LogP contribution in [0.1, 0.15) is 27.2 Å². The Balaban J connectivity index is 2.52. The maximum atomic E-state index is 11.2. The van der Waals surface area contributed by atoms with Gasteiger partial charge in [0.25, 0.3) is 5.91 Å². The Morgan fingerprint density at radius 1 is 1.62 bits per heavy atom. The summed E-state index contributed by atoms with van der Waals surface area (Å²) in [4.78, 5) is 11.2. The molecule has 1 aliphatic rings. The predicted octanol–water partition coefficient (Wildman–Crippen LogP) is 1.50. The highest BCUT2D eigenvalue weighted by atomic mass is 16.5. The van der Waals surface area contributed by atoms with Gasteiger partial charge in [-0.1, -0.05) is 31.4 Å². The minimum Gasteiger partial charge on any atom is -0.377 e. The minimum atomic E-state index is -0.205. The molecule has 0 aromatic carbocycles. The molecular formula is C13H19NO2. The van der Waals surface area contributed by atoms with E-state index in [0.29, 0.717) is 13.2 Å². The van der Waals surface area contributed by atoms with Crippen LogP contribution in [0.4, 0.5) is 0 Å². The van der Waals surface area contributed by atoms with Gasteiger partial charge in [-0.05, 0) is 19.3 Å². The highest BCUT2D eigenvalue weighted by Crippen LogP contribution is 2.29. The van der Waals surface area contributed by atoms with E-state index in [1.165, 1.54) is 5.57 Å². The summed E-state index contributed by atoms with van der Waals surface area (Å²) in [6.07, 6.45) is 3.06. The summed E-state index contributed by atoms with van der Waals surface area (Å²) in [5.41, 5.74) is 1.33. The molecule has 1 rings (SSSR count). The van der Waals surface area contributed by atoms with Gasteiger partial charge in [0.1, 0.15) is 0 Å². The van der Waals surface area contributed by atoms with Crippen LogP contribution in [0.15, 0.2) is 11.6 Å². The van der Waals surface area contributed by atoms with E-state index in [1.807, 2.05) is 0 Å². The highest BCUT2D eigenvalue weighted by Gasteiger charge is 2.24. The molecule has 1 heterocycles. The lowest BCUT2D eigenvalue weighted by Gasteiger charge is -2.30. The maximum Gasteiger partial charge on any atom is 0.295 e. The fourth-order valence-corrected chi connectivity index (χ4v) is 1.71. The lowest BCUT2D eigenvalue weighted by Crippen LogP contribution is -2.35. The van der Waals surface area contributed by atoms with E-state index >= 15 is 0 Å². The van der Waals surface area contributed by atoms with Crippen LogP contribution in [-0.4, -0.2) is 25.7 Å². The summed E-state index contributed by atoms with van der Waals surface area (Å²) < 4.78 is 5.27. The van der Waals surface area contributed by atoms with Gasteiger partial charge in [0.05, 0.1) is 13.2 Å². The summed E-state index contributed by atoms with van der Waals surface area (Å²) in [6, 6.07) is 0. The number of nitrogens with one attached hydrogen (secondary N) is 1. The molecule has 0 aromatic rings. The van der Waals surface area contributed by atoms with E-state index in [1.54, 1.807) is 6.92 Å². The van der Waals surface area contributed by atoms with Gasteiger partial charge in [-0.3, -0.25) is 4.79 Å². The summed E-state index contributed by atoms with van der Waals surface area (Å²) in [6.45, 7) is 7.99. The summed E-state index contributed by atoms with van der Waals surface area (Å²) >= 11 is 0. The Hall–Kier alpha value is -1.27. The zero-order valence-corrected chi connectivity index (χ0v) is 10.2. The third-order valence-corrected chi connectivity index (χ3v) is 2.76. The van der Waals surface area contributed by atoms with Gasteiger partial charge >= 0.3 is 0 Å². The van der Waals surface area contributed by atoms with Crippen LogP contribution in [-0.2, 0) is 9.53 Å². The second-order valence-corrected chi connectivity index (χ2v) is 4.50. The zero-order valence-electron chi connectivity index (χ0n) is 10.2. The summed E-state index contributed by atoms with van der Waals surface area (Å²) in [7, 11) is 0. The number of carbonyl (C=O) groups is 1. The average molecular weight is 221 g/mol. The van der Waals surface area contributed by atoms with Crippen molar-refractivity contribution in [3.8, 4) is 11.8 Å². The molecule has 0 radical (unpaired) electrons.